The molecule has 0 saturated heterocycles. The SMILES string of the molecule is CS(=O)(=O)Nc1ccc(C(=O)Nc2ccc3c4c(cccc24)CC3)cc1. The van der Waals surface area contributed by atoms with Crippen LogP contribution in [0.5, 0.6) is 0 Å². The molecular weight excluding hydrogens is 348 g/mol. The molecule has 4 rings (SSSR count). The quantitative estimate of drug-likeness (QED) is 0.741. The Hall–Kier alpha value is -2.86. The molecule has 0 spiro atoms. The number of rotatable bonds is 4. The van der Waals surface area contributed by atoms with Crippen LogP contribution in [0.25, 0.3) is 10.8 Å². The van der Waals surface area contributed by atoms with Crippen molar-refractivity contribution in [1.82, 2.24) is 0 Å². The molecule has 0 radical (unpaired) electrons. The zero-order chi connectivity index (χ0) is 18.3. The summed E-state index contributed by atoms with van der Waals surface area (Å²) in [6.45, 7) is 0. The van der Waals surface area contributed by atoms with Gasteiger partial charge in [-0.3, -0.25) is 9.52 Å². The fourth-order valence-electron chi connectivity index (χ4n) is 3.45. The molecule has 2 N–H and O–H groups in total. The second-order valence-corrected chi connectivity index (χ2v) is 8.27. The Morgan fingerprint density at radius 1 is 0.923 bits per heavy atom. The van der Waals surface area contributed by atoms with Crippen molar-refractivity contribution < 1.29 is 13.2 Å². The van der Waals surface area contributed by atoms with Crippen LogP contribution in [0.1, 0.15) is 21.5 Å². The summed E-state index contributed by atoms with van der Waals surface area (Å²) in [7, 11) is -3.34. The Balaban J connectivity index is 1.60. The summed E-state index contributed by atoms with van der Waals surface area (Å²) in [6, 6.07) is 16.6. The van der Waals surface area contributed by atoms with E-state index in [0.717, 1.165) is 30.2 Å². The lowest BCUT2D eigenvalue weighted by atomic mass is 10.0. The van der Waals surface area contributed by atoms with Crippen LogP contribution in [-0.2, 0) is 22.9 Å². The summed E-state index contributed by atoms with van der Waals surface area (Å²) >= 11 is 0. The van der Waals surface area contributed by atoms with Crippen LogP contribution in [0.15, 0.2) is 54.6 Å². The predicted molar refractivity (Wildman–Crippen MR) is 104 cm³/mol. The lowest BCUT2D eigenvalue weighted by Crippen LogP contribution is -2.13. The Morgan fingerprint density at radius 3 is 2.31 bits per heavy atom. The normalized spacial score (nSPS) is 13.0. The standard InChI is InChI=1S/C20H18N2O3S/c1-26(24,25)22-16-10-7-15(8-11-16)20(23)21-18-12-9-14-6-5-13-3-2-4-17(18)19(13)14/h2-4,7-12,22H,5-6H2,1H3,(H,21,23). The molecule has 0 fully saturated rings. The third kappa shape index (κ3) is 3.15. The number of sulfonamides is 1. The smallest absolute Gasteiger partial charge is 0.255 e. The highest BCUT2D eigenvalue weighted by molar-refractivity contribution is 7.92. The fourth-order valence-corrected chi connectivity index (χ4v) is 4.02. The van der Waals surface area contributed by atoms with Crippen molar-refractivity contribution in [2.45, 2.75) is 12.8 Å². The van der Waals surface area contributed by atoms with Gasteiger partial charge in [-0.1, -0.05) is 24.3 Å². The van der Waals surface area contributed by atoms with Crippen LogP contribution in [0.2, 0.25) is 0 Å². The van der Waals surface area contributed by atoms with Gasteiger partial charge in [0.15, 0.2) is 0 Å². The topological polar surface area (TPSA) is 75.3 Å². The van der Waals surface area contributed by atoms with Gasteiger partial charge in [0.2, 0.25) is 10.0 Å². The minimum atomic E-state index is -3.34. The number of aryl methyl sites for hydroxylation is 2. The molecule has 0 atom stereocenters. The number of carbonyl (C=O) groups excluding carboxylic acids is 1. The van der Waals surface area contributed by atoms with Crippen LogP contribution in [0, 0.1) is 0 Å². The molecular formula is C20H18N2O3S. The Bertz CT molecular complexity index is 1110. The first kappa shape index (κ1) is 16.6. The Kier molecular flexibility index (Phi) is 3.92. The lowest BCUT2D eigenvalue weighted by molar-refractivity contribution is 0.102. The van der Waals surface area contributed by atoms with Crippen LogP contribution in [-0.4, -0.2) is 20.6 Å². The number of nitrogens with one attached hydrogen (secondary N) is 2. The van der Waals surface area contributed by atoms with Crippen LogP contribution >= 0.6 is 0 Å². The largest absolute Gasteiger partial charge is 0.321 e. The summed E-state index contributed by atoms with van der Waals surface area (Å²) in [5.41, 5.74) is 4.33. The predicted octanol–water partition coefficient (Wildman–Crippen LogP) is 3.56. The summed E-state index contributed by atoms with van der Waals surface area (Å²) in [5.74, 6) is -0.227. The lowest BCUT2D eigenvalue weighted by Gasteiger charge is -2.11. The van der Waals surface area contributed by atoms with Gasteiger partial charge in [0.05, 0.1) is 6.26 Å². The van der Waals surface area contributed by atoms with Crippen LogP contribution < -0.4 is 10.0 Å². The highest BCUT2D eigenvalue weighted by atomic mass is 32.2. The summed E-state index contributed by atoms with van der Waals surface area (Å²) in [6.07, 6.45) is 3.17. The number of carbonyl (C=O) groups is 1. The molecule has 0 unspecified atom stereocenters. The maximum absolute atomic E-state index is 12.6. The van der Waals surface area contributed by atoms with Gasteiger partial charge < -0.3 is 5.32 Å². The van der Waals surface area contributed by atoms with Crippen molar-refractivity contribution >= 4 is 38.1 Å². The third-order valence-corrected chi connectivity index (χ3v) is 5.18. The molecule has 0 aromatic heterocycles. The molecule has 3 aromatic carbocycles. The van der Waals surface area contributed by atoms with Crippen molar-refractivity contribution in [3.63, 3.8) is 0 Å². The number of anilines is 2. The van der Waals surface area contributed by atoms with E-state index in [4.69, 9.17) is 0 Å². The maximum atomic E-state index is 12.6. The minimum absolute atomic E-state index is 0.227. The van der Waals surface area contributed by atoms with Gasteiger partial charge >= 0.3 is 0 Å². The molecule has 1 aliphatic rings. The first-order valence-electron chi connectivity index (χ1n) is 8.33. The van der Waals surface area contributed by atoms with E-state index in [1.807, 2.05) is 18.2 Å². The monoisotopic (exact) mass is 366 g/mol. The summed E-state index contributed by atoms with van der Waals surface area (Å²) in [5, 5.41) is 5.28. The number of benzene rings is 3. The molecule has 0 bridgehead atoms. The Labute approximate surface area is 152 Å². The molecule has 5 nitrogen and oxygen atoms in total. The zero-order valence-corrected chi connectivity index (χ0v) is 15.1. The fraction of sp³-hybridized carbons (Fsp3) is 0.150. The average molecular weight is 366 g/mol. The van der Waals surface area contributed by atoms with Gasteiger partial charge in [-0.05, 0) is 59.7 Å². The molecule has 0 saturated carbocycles. The van der Waals surface area contributed by atoms with E-state index in [1.54, 1.807) is 24.3 Å². The van der Waals surface area contributed by atoms with E-state index in [-0.39, 0.29) is 5.91 Å². The van der Waals surface area contributed by atoms with Crippen molar-refractivity contribution in [3.8, 4) is 0 Å². The molecule has 1 amide bonds. The van der Waals surface area contributed by atoms with Gasteiger partial charge in [0, 0.05) is 22.3 Å². The second-order valence-electron chi connectivity index (χ2n) is 6.52. The first-order valence-corrected chi connectivity index (χ1v) is 10.2. The van der Waals surface area contributed by atoms with Gasteiger partial charge in [-0.2, -0.15) is 0 Å². The van der Waals surface area contributed by atoms with Gasteiger partial charge in [-0.15, -0.1) is 0 Å². The van der Waals surface area contributed by atoms with Crippen molar-refractivity contribution in [2.75, 3.05) is 16.3 Å². The van der Waals surface area contributed by atoms with E-state index < -0.39 is 10.0 Å². The van der Waals surface area contributed by atoms with Crippen LogP contribution in [0.4, 0.5) is 11.4 Å². The van der Waals surface area contributed by atoms with Crippen LogP contribution in [0.3, 0.4) is 0 Å². The molecule has 0 aliphatic heterocycles. The molecule has 26 heavy (non-hydrogen) atoms. The number of amides is 1. The third-order valence-electron chi connectivity index (χ3n) is 4.58. The van der Waals surface area contributed by atoms with E-state index in [0.29, 0.717) is 11.3 Å². The van der Waals surface area contributed by atoms with Crippen molar-refractivity contribution in [2.24, 2.45) is 0 Å². The van der Waals surface area contributed by atoms with E-state index >= 15 is 0 Å². The molecule has 1 aliphatic carbocycles. The summed E-state index contributed by atoms with van der Waals surface area (Å²) in [4.78, 5) is 12.6. The molecule has 132 valence electrons. The average Bonchev–Trinajstić information content (AvgIpc) is 3.01. The first-order chi connectivity index (χ1) is 12.4. The van der Waals surface area contributed by atoms with E-state index in [2.05, 4.69) is 22.2 Å². The van der Waals surface area contributed by atoms with Gasteiger partial charge in [0.1, 0.15) is 0 Å². The highest BCUT2D eigenvalue weighted by Crippen LogP contribution is 2.35. The van der Waals surface area contributed by atoms with E-state index in [1.165, 1.54) is 16.5 Å². The van der Waals surface area contributed by atoms with Gasteiger partial charge in [-0.25, -0.2) is 8.42 Å². The zero-order valence-electron chi connectivity index (χ0n) is 14.2. The molecule has 6 heteroatoms. The highest BCUT2D eigenvalue weighted by Gasteiger charge is 2.17. The van der Waals surface area contributed by atoms with Crippen molar-refractivity contribution in [1.29, 1.82) is 0 Å². The molecule has 0 heterocycles. The number of hydrogen-bond donors (Lipinski definition) is 2. The minimum Gasteiger partial charge on any atom is -0.321 e. The maximum Gasteiger partial charge on any atom is 0.255 e. The van der Waals surface area contributed by atoms with E-state index in [9.17, 15) is 13.2 Å². The summed E-state index contributed by atoms with van der Waals surface area (Å²) < 4.78 is 24.9. The Morgan fingerprint density at radius 2 is 1.62 bits per heavy atom. The number of hydrogen-bond acceptors (Lipinski definition) is 3. The van der Waals surface area contributed by atoms with Gasteiger partial charge in [0.25, 0.3) is 5.91 Å². The van der Waals surface area contributed by atoms with Crippen molar-refractivity contribution in [3.05, 3.63) is 71.3 Å². The second kappa shape index (κ2) is 6.14. The molecule has 3 aromatic rings.